The number of hydrogen-bond acceptors (Lipinski definition) is 2. The highest BCUT2D eigenvalue weighted by Crippen LogP contribution is 2.38. The summed E-state index contributed by atoms with van der Waals surface area (Å²) in [6.07, 6.45) is 9.44. The van der Waals surface area contributed by atoms with Crippen molar-refractivity contribution in [3.63, 3.8) is 0 Å². The molecule has 0 aliphatic heterocycles. The molecule has 2 aliphatic carbocycles. The van der Waals surface area contributed by atoms with Crippen LogP contribution in [0.4, 0.5) is 4.39 Å². The summed E-state index contributed by atoms with van der Waals surface area (Å²) in [7, 11) is 0. The van der Waals surface area contributed by atoms with Crippen LogP contribution in [-0.2, 0) is 9.53 Å². The van der Waals surface area contributed by atoms with Crippen molar-refractivity contribution in [1.82, 2.24) is 0 Å². The van der Waals surface area contributed by atoms with Gasteiger partial charge in [-0.2, -0.15) is 0 Å². The van der Waals surface area contributed by atoms with Gasteiger partial charge in [0, 0.05) is 19.4 Å². The molecule has 0 aromatic carbocycles. The maximum absolute atomic E-state index is 12.0. The van der Waals surface area contributed by atoms with Gasteiger partial charge in [0.15, 0.2) is 0 Å². The summed E-state index contributed by atoms with van der Waals surface area (Å²) < 4.78 is 17.7. The molecule has 2 fully saturated rings. The molecule has 2 rings (SSSR count). The van der Waals surface area contributed by atoms with Gasteiger partial charge in [-0.25, -0.2) is 0 Å². The van der Waals surface area contributed by atoms with Crippen molar-refractivity contribution >= 4 is 5.78 Å². The molecule has 0 heterocycles. The maximum Gasteiger partial charge on any atom is 0.132 e. The summed E-state index contributed by atoms with van der Waals surface area (Å²) in [5.74, 6) is 2.03. The minimum absolute atomic E-state index is 0.272. The minimum atomic E-state index is -0.272. The number of halogens is 1. The smallest absolute Gasteiger partial charge is 0.132 e. The normalized spacial score (nSPS) is 30.6. The highest BCUT2D eigenvalue weighted by Gasteiger charge is 2.30. The third-order valence-corrected chi connectivity index (χ3v) is 4.60. The summed E-state index contributed by atoms with van der Waals surface area (Å²) in [6, 6.07) is 0. The lowest BCUT2D eigenvalue weighted by Crippen LogP contribution is -2.28. The largest absolute Gasteiger partial charge is 0.378 e. The van der Waals surface area contributed by atoms with E-state index in [-0.39, 0.29) is 6.67 Å². The van der Waals surface area contributed by atoms with Crippen LogP contribution in [0.2, 0.25) is 0 Å². The van der Waals surface area contributed by atoms with Crippen LogP contribution in [-0.4, -0.2) is 25.2 Å². The van der Waals surface area contributed by atoms with Gasteiger partial charge in [0.05, 0.1) is 12.8 Å². The van der Waals surface area contributed by atoms with E-state index < -0.39 is 0 Å². The Balaban J connectivity index is 1.65. The predicted molar refractivity (Wildman–Crippen MR) is 69.3 cm³/mol. The number of hydrogen-bond donors (Lipinski definition) is 0. The fourth-order valence-electron chi connectivity index (χ4n) is 3.46. The van der Waals surface area contributed by atoms with E-state index in [0.29, 0.717) is 24.9 Å². The summed E-state index contributed by atoms with van der Waals surface area (Å²) in [4.78, 5) is 11.2. The number of carbonyl (C=O) groups excluding carboxylic acids is 1. The van der Waals surface area contributed by atoms with Crippen LogP contribution in [0.1, 0.15) is 57.8 Å². The monoisotopic (exact) mass is 256 g/mol. The zero-order valence-electron chi connectivity index (χ0n) is 11.2. The van der Waals surface area contributed by atoms with Gasteiger partial charge >= 0.3 is 0 Å². The Kier molecular flexibility index (Phi) is 5.61. The lowest BCUT2D eigenvalue weighted by atomic mass is 9.72. The first-order valence-electron chi connectivity index (χ1n) is 7.49. The van der Waals surface area contributed by atoms with E-state index in [9.17, 15) is 9.18 Å². The van der Waals surface area contributed by atoms with Crippen molar-refractivity contribution < 1.29 is 13.9 Å². The van der Waals surface area contributed by atoms with Crippen LogP contribution < -0.4 is 0 Å². The zero-order chi connectivity index (χ0) is 12.8. The van der Waals surface area contributed by atoms with E-state index in [0.717, 1.165) is 50.4 Å². The van der Waals surface area contributed by atoms with Crippen molar-refractivity contribution in [3.8, 4) is 0 Å². The number of ketones is 1. The number of rotatable bonds is 5. The fraction of sp³-hybridized carbons (Fsp3) is 0.933. The second-order valence-corrected chi connectivity index (χ2v) is 5.83. The summed E-state index contributed by atoms with van der Waals surface area (Å²) in [6.45, 7) is 0.301. The molecule has 0 aromatic rings. The second-order valence-electron chi connectivity index (χ2n) is 5.83. The molecule has 0 atom stereocenters. The third-order valence-electron chi connectivity index (χ3n) is 4.60. The van der Waals surface area contributed by atoms with E-state index >= 15 is 0 Å². The number of alkyl halides is 1. The molecule has 0 radical (unpaired) electrons. The Morgan fingerprint density at radius 2 is 1.61 bits per heavy atom. The molecule has 104 valence electrons. The Morgan fingerprint density at radius 1 is 1.00 bits per heavy atom. The van der Waals surface area contributed by atoms with E-state index in [4.69, 9.17) is 4.74 Å². The molecular weight excluding hydrogens is 231 g/mol. The van der Waals surface area contributed by atoms with Crippen molar-refractivity contribution in [2.75, 3.05) is 13.3 Å². The van der Waals surface area contributed by atoms with Crippen molar-refractivity contribution in [1.29, 1.82) is 0 Å². The molecule has 2 aliphatic rings. The number of Topliss-reactive ketones (excluding diaryl/α,β-unsaturated/α-hetero) is 1. The fourth-order valence-corrected chi connectivity index (χ4v) is 3.46. The Morgan fingerprint density at radius 3 is 2.22 bits per heavy atom. The highest BCUT2D eigenvalue weighted by atomic mass is 19.1. The Labute approximate surface area is 109 Å². The average Bonchev–Trinajstić information content (AvgIpc) is 2.41. The van der Waals surface area contributed by atoms with Crippen LogP contribution in [0.3, 0.4) is 0 Å². The van der Waals surface area contributed by atoms with E-state index in [1.807, 2.05) is 0 Å². The molecule has 2 nitrogen and oxygen atoms in total. The van der Waals surface area contributed by atoms with Crippen LogP contribution >= 0.6 is 0 Å². The summed E-state index contributed by atoms with van der Waals surface area (Å²) >= 11 is 0. The molecule has 0 saturated heterocycles. The van der Waals surface area contributed by atoms with E-state index in [1.54, 1.807) is 0 Å². The lowest BCUT2D eigenvalue weighted by Gasteiger charge is -2.35. The lowest BCUT2D eigenvalue weighted by molar-refractivity contribution is -0.121. The quantitative estimate of drug-likeness (QED) is 0.701. The molecule has 0 N–H and O–H groups in total. The summed E-state index contributed by atoms with van der Waals surface area (Å²) in [5.41, 5.74) is 0. The van der Waals surface area contributed by atoms with Crippen LogP contribution in [0.5, 0.6) is 0 Å². The molecule has 0 unspecified atom stereocenters. The molecule has 18 heavy (non-hydrogen) atoms. The van der Waals surface area contributed by atoms with Crippen LogP contribution in [0.15, 0.2) is 0 Å². The highest BCUT2D eigenvalue weighted by molar-refractivity contribution is 5.79. The summed E-state index contributed by atoms with van der Waals surface area (Å²) in [5, 5.41) is 0. The van der Waals surface area contributed by atoms with Crippen molar-refractivity contribution in [3.05, 3.63) is 0 Å². The van der Waals surface area contributed by atoms with Gasteiger partial charge in [0.25, 0.3) is 0 Å². The van der Waals surface area contributed by atoms with Gasteiger partial charge in [-0.3, -0.25) is 9.18 Å². The Hall–Kier alpha value is -0.440. The molecule has 0 amide bonds. The molecule has 0 spiro atoms. The molecule has 0 aromatic heterocycles. The van der Waals surface area contributed by atoms with Gasteiger partial charge < -0.3 is 4.74 Å². The zero-order valence-corrected chi connectivity index (χ0v) is 11.2. The van der Waals surface area contributed by atoms with E-state index in [1.165, 1.54) is 12.8 Å². The standard InChI is InChI=1S/C15H25FO2/c16-10-1-11-18-15-8-4-13(5-9-15)12-2-6-14(17)7-3-12/h12-13,15H,1-11H2. The van der Waals surface area contributed by atoms with Gasteiger partial charge in [-0.1, -0.05) is 0 Å². The van der Waals surface area contributed by atoms with Crippen molar-refractivity contribution in [2.45, 2.75) is 63.9 Å². The molecule has 0 bridgehead atoms. The first-order valence-corrected chi connectivity index (χ1v) is 7.49. The van der Waals surface area contributed by atoms with Crippen LogP contribution in [0, 0.1) is 11.8 Å². The van der Waals surface area contributed by atoms with Gasteiger partial charge in [0.2, 0.25) is 0 Å². The average molecular weight is 256 g/mol. The van der Waals surface area contributed by atoms with Gasteiger partial charge in [-0.05, 0) is 56.8 Å². The molecular formula is C15H25FO2. The number of carbonyl (C=O) groups is 1. The molecule has 3 heteroatoms. The minimum Gasteiger partial charge on any atom is -0.378 e. The topological polar surface area (TPSA) is 26.3 Å². The first-order chi connectivity index (χ1) is 8.79. The molecule has 2 saturated carbocycles. The van der Waals surface area contributed by atoms with Gasteiger partial charge in [0.1, 0.15) is 5.78 Å². The predicted octanol–water partition coefficient (Wildman–Crippen LogP) is 3.68. The third kappa shape index (κ3) is 4.04. The van der Waals surface area contributed by atoms with Crippen molar-refractivity contribution in [2.24, 2.45) is 11.8 Å². The van der Waals surface area contributed by atoms with E-state index in [2.05, 4.69) is 0 Å². The second kappa shape index (κ2) is 7.22. The van der Waals surface area contributed by atoms with Crippen LogP contribution in [0.25, 0.3) is 0 Å². The Bertz CT molecular complexity index is 249. The van der Waals surface area contributed by atoms with Gasteiger partial charge in [-0.15, -0.1) is 0 Å². The maximum atomic E-state index is 12.0. The number of ether oxygens (including phenoxy) is 1. The first kappa shape index (κ1) is 14.0. The SMILES string of the molecule is O=C1CCC(C2CCC(OCCCF)CC2)CC1.